The van der Waals surface area contributed by atoms with E-state index in [0.717, 1.165) is 11.1 Å². The number of aromatic nitrogens is 1. The van der Waals surface area contributed by atoms with Crippen molar-refractivity contribution in [2.75, 3.05) is 27.1 Å². The van der Waals surface area contributed by atoms with Gasteiger partial charge in [0.1, 0.15) is 15.7 Å². The summed E-state index contributed by atoms with van der Waals surface area (Å²) in [4.78, 5) is 17.8. The summed E-state index contributed by atoms with van der Waals surface area (Å²) in [5.74, 6) is 1.19. The molecular weight excluding hydrogens is 364 g/mol. The summed E-state index contributed by atoms with van der Waals surface area (Å²) >= 11 is 1.26. The number of carbonyl (C=O) groups is 1. The molecule has 140 valence electrons. The zero-order chi connectivity index (χ0) is 19.6. The van der Waals surface area contributed by atoms with E-state index >= 15 is 0 Å². The number of ether oxygens (including phenoxy) is 3. The second-order valence-corrected chi connectivity index (χ2v) is 6.84. The monoisotopic (exact) mass is 384 g/mol. The van der Waals surface area contributed by atoms with Crippen LogP contribution in [-0.2, 0) is 0 Å². The molecule has 0 spiro atoms. The van der Waals surface area contributed by atoms with Crippen LogP contribution in [0.4, 0.5) is 5.82 Å². The van der Waals surface area contributed by atoms with Gasteiger partial charge in [-0.3, -0.25) is 4.79 Å². The summed E-state index contributed by atoms with van der Waals surface area (Å²) in [6.07, 6.45) is 0. The van der Waals surface area contributed by atoms with Gasteiger partial charge in [0, 0.05) is 11.1 Å². The Hall–Kier alpha value is -3.06. The third-order valence-corrected chi connectivity index (χ3v) is 5.20. The van der Waals surface area contributed by atoms with Crippen LogP contribution in [0, 0.1) is 6.92 Å². The average molecular weight is 384 g/mol. The van der Waals surface area contributed by atoms with E-state index in [2.05, 4.69) is 4.98 Å². The van der Waals surface area contributed by atoms with E-state index in [1.165, 1.54) is 32.7 Å². The molecule has 6 nitrogen and oxygen atoms in total. The predicted molar refractivity (Wildman–Crippen MR) is 106 cm³/mol. The molecule has 3 aromatic rings. The van der Waals surface area contributed by atoms with E-state index in [9.17, 15) is 4.79 Å². The highest BCUT2D eigenvalue weighted by atomic mass is 32.1. The summed E-state index contributed by atoms with van der Waals surface area (Å²) < 4.78 is 15.9. The number of aryl methyl sites for hydroxylation is 1. The molecule has 0 saturated heterocycles. The third kappa shape index (κ3) is 3.59. The Morgan fingerprint density at radius 1 is 1.00 bits per heavy atom. The van der Waals surface area contributed by atoms with Gasteiger partial charge in [-0.15, -0.1) is 11.3 Å². The summed E-state index contributed by atoms with van der Waals surface area (Å²) in [5, 5.41) is 0.697. The topological polar surface area (TPSA) is 83.7 Å². The molecule has 3 rings (SSSR count). The first kappa shape index (κ1) is 18.7. The molecule has 2 N–H and O–H groups in total. The lowest BCUT2D eigenvalue weighted by Gasteiger charge is -2.13. The van der Waals surface area contributed by atoms with Gasteiger partial charge < -0.3 is 19.9 Å². The molecule has 27 heavy (non-hydrogen) atoms. The molecule has 0 unspecified atom stereocenters. The molecule has 0 fully saturated rings. The molecule has 0 aliphatic heterocycles. The average Bonchev–Trinajstić information content (AvgIpc) is 3.08. The first-order valence-corrected chi connectivity index (χ1v) is 8.98. The minimum absolute atomic E-state index is 0.203. The first-order chi connectivity index (χ1) is 13.0. The van der Waals surface area contributed by atoms with E-state index in [-0.39, 0.29) is 11.6 Å². The van der Waals surface area contributed by atoms with E-state index in [1.807, 2.05) is 31.2 Å². The first-order valence-electron chi connectivity index (χ1n) is 8.16. The van der Waals surface area contributed by atoms with Gasteiger partial charge in [-0.05, 0) is 19.1 Å². The zero-order valence-electron chi connectivity index (χ0n) is 15.5. The van der Waals surface area contributed by atoms with Crippen molar-refractivity contribution in [1.29, 1.82) is 0 Å². The maximum atomic E-state index is 13.0. The third-order valence-electron chi connectivity index (χ3n) is 4.09. The molecule has 0 atom stereocenters. The number of nitrogens with zero attached hydrogens (tertiary/aromatic N) is 1. The quantitative estimate of drug-likeness (QED) is 0.648. The van der Waals surface area contributed by atoms with Crippen LogP contribution in [-0.4, -0.2) is 32.1 Å². The number of anilines is 1. The number of carbonyl (C=O) groups excluding carboxylic acids is 1. The predicted octanol–water partition coefficient (Wildman–Crippen LogP) is 3.96. The number of benzene rings is 2. The second-order valence-electron chi connectivity index (χ2n) is 5.84. The molecule has 0 radical (unpaired) electrons. The van der Waals surface area contributed by atoms with Crippen LogP contribution in [0.3, 0.4) is 0 Å². The fourth-order valence-electron chi connectivity index (χ4n) is 2.66. The van der Waals surface area contributed by atoms with Gasteiger partial charge in [-0.2, -0.15) is 0 Å². The van der Waals surface area contributed by atoms with Crippen LogP contribution >= 0.6 is 11.3 Å². The van der Waals surface area contributed by atoms with E-state index < -0.39 is 0 Å². The van der Waals surface area contributed by atoms with Crippen molar-refractivity contribution >= 4 is 22.9 Å². The van der Waals surface area contributed by atoms with Gasteiger partial charge in [-0.25, -0.2) is 4.98 Å². The lowest BCUT2D eigenvalue weighted by Crippen LogP contribution is -2.05. The maximum Gasteiger partial charge on any atom is 0.207 e. The summed E-state index contributed by atoms with van der Waals surface area (Å²) in [6, 6.07) is 11.1. The summed E-state index contributed by atoms with van der Waals surface area (Å²) in [6.45, 7) is 2.01. The van der Waals surface area contributed by atoms with E-state index in [1.54, 1.807) is 12.1 Å². The van der Waals surface area contributed by atoms with E-state index in [0.29, 0.717) is 32.7 Å². The Balaban J connectivity index is 2.02. The van der Waals surface area contributed by atoms with Gasteiger partial charge in [-0.1, -0.05) is 29.8 Å². The molecule has 2 aromatic carbocycles. The van der Waals surface area contributed by atoms with Crippen molar-refractivity contribution in [3.63, 3.8) is 0 Å². The fraction of sp³-hybridized carbons (Fsp3) is 0.200. The van der Waals surface area contributed by atoms with Gasteiger partial charge >= 0.3 is 0 Å². The summed E-state index contributed by atoms with van der Waals surface area (Å²) in [7, 11) is 4.51. The highest BCUT2D eigenvalue weighted by Gasteiger charge is 2.22. The molecule has 1 heterocycles. The SMILES string of the molecule is COc1cc(C(=O)c2sc(-c3ccc(C)cc3)nc2N)cc(OC)c1OC. The molecule has 1 aromatic heterocycles. The minimum Gasteiger partial charge on any atom is -0.493 e. The van der Waals surface area contributed by atoms with Crippen LogP contribution in [0.25, 0.3) is 10.6 Å². The van der Waals surface area contributed by atoms with Gasteiger partial charge in [0.2, 0.25) is 11.5 Å². The van der Waals surface area contributed by atoms with Gasteiger partial charge in [0.05, 0.1) is 21.3 Å². The number of thiazole rings is 1. The van der Waals surface area contributed by atoms with Crippen LogP contribution in [0.2, 0.25) is 0 Å². The lowest BCUT2D eigenvalue weighted by molar-refractivity contribution is 0.104. The zero-order valence-corrected chi connectivity index (χ0v) is 16.3. The van der Waals surface area contributed by atoms with Crippen molar-refractivity contribution in [3.05, 3.63) is 52.4 Å². The Morgan fingerprint density at radius 3 is 2.11 bits per heavy atom. The molecule has 7 heteroatoms. The molecular formula is C20H20N2O4S. The Morgan fingerprint density at radius 2 is 1.59 bits per heavy atom. The van der Waals surface area contributed by atoms with Crippen LogP contribution < -0.4 is 19.9 Å². The Kier molecular flexibility index (Phi) is 5.32. The van der Waals surface area contributed by atoms with Gasteiger partial charge in [0.15, 0.2) is 11.5 Å². The lowest BCUT2D eigenvalue weighted by atomic mass is 10.1. The molecule has 0 saturated carbocycles. The number of rotatable bonds is 6. The van der Waals surface area contributed by atoms with Crippen molar-refractivity contribution in [2.24, 2.45) is 0 Å². The highest BCUT2D eigenvalue weighted by Crippen LogP contribution is 2.40. The van der Waals surface area contributed by atoms with E-state index in [4.69, 9.17) is 19.9 Å². The van der Waals surface area contributed by atoms with Crippen LogP contribution in [0.5, 0.6) is 17.2 Å². The smallest absolute Gasteiger partial charge is 0.207 e. The number of nitrogen functional groups attached to an aromatic ring is 1. The molecule has 0 aliphatic carbocycles. The molecule has 0 aliphatic rings. The normalized spacial score (nSPS) is 10.5. The number of methoxy groups -OCH3 is 3. The highest BCUT2D eigenvalue weighted by molar-refractivity contribution is 7.17. The Labute approximate surface area is 161 Å². The number of hydrogen-bond acceptors (Lipinski definition) is 7. The number of nitrogens with two attached hydrogens (primary N) is 1. The van der Waals surface area contributed by atoms with Crippen LogP contribution in [0.1, 0.15) is 20.8 Å². The van der Waals surface area contributed by atoms with Crippen molar-refractivity contribution in [3.8, 4) is 27.8 Å². The molecule has 0 amide bonds. The fourth-order valence-corrected chi connectivity index (χ4v) is 3.61. The van der Waals surface area contributed by atoms with Crippen LogP contribution in [0.15, 0.2) is 36.4 Å². The van der Waals surface area contributed by atoms with Crippen molar-refractivity contribution in [2.45, 2.75) is 6.92 Å². The standard InChI is InChI=1S/C20H20N2O4S/c1-11-5-7-12(8-6-11)20-22-19(21)18(27-20)16(23)13-9-14(24-2)17(26-4)15(10-13)25-3/h5-10H,21H2,1-4H3. The largest absolute Gasteiger partial charge is 0.493 e. The number of hydrogen-bond donors (Lipinski definition) is 1. The molecule has 0 bridgehead atoms. The van der Waals surface area contributed by atoms with Crippen molar-refractivity contribution < 1.29 is 19.0 Å². The maximum absolute atomic E-state index is 13.0. The summed E-state index contributed by atoms with van der Waals surface area (Å²) in [5.41, 5.74) is 8.49. The second kappa shape index (κ2) is 7.67. The van der Waals surface area contributed by atoms with Crippen molar-refractivity contribution in [1.82, 2.24) is 4.98 Å². The Bertz CT molecular complexity index is 955. The number of ketones is 1. The minimum atomic E-state index is -0.248. The van der Waals surface area contributed by atoms with Gasteiger partial charge in [0.25, 0.3) is 0 Å².